The van der Waals surface area contributed by atoms with Crippen LogP contribution in [0.4, 0.5) is 28.4 Å². The molecule has 4 aliphatic rings. The molecule has 2 aromatic heterocycles. The summed E-state index contributed by atoms with van der Waals surface area (Å²) in [6.45, 7) is 35.2. The Balaban J connectivity index is 1.16. The van der Waals surface area contributed by atoms with E-state index in [1.807, 2.05) is 0 Å². The summed E-state index contributed by atoms with van der Waals surface area (Å²) < 4.78 is 15.0. The molecule has 0 radical (unpaired) electrons. The Labute approximate surface area is 462 Å². The normalized spacial score (nSPS) is 16.8. The van der Waals surface area contributed by atoms with Crippen molar-refractivity contribution in [2.45, 2.75) is 149 Å². The van der Waals surface area contributed by atoms with Crippen molar-refractivity contribution in [2.24, 2.45) is 0 Å². The topological polar surface area (TPSA) is 32.8 Å². The van der Waals surface area contributed by atoms with E-state index >= 15 is 0 Å². The van der Waals surface area contributed by atoms with Crippen LogP contribution in [0.1, 0.15) is 156 Å². The van der Waals surface area contributed by atoms with Crippen molar-refractivity contribution < 1.29 is 8.83 Å². The van der Waals surface area contributed by atoms with E-state index in [1.54, 1.807) is 0 Å². The maximum atomic E-state index is 7.66. The van der Waals surface area contributed by atoms with Crippen LogP contribution in [-0.2, 0) is 32.5 Å². The van der Waals surface area contributed by atoms with E-state index in [2.05, 4.69) is 259 Å². The standard InChI is InChI=1S/C73H73BN2O2/c1-68(2,3)43-25-29-46(30-26-43)76-59-41-55-49(50-38-56-57(40-54(50)73(55,14)15)72(12,13)34-33-71(56,10)11)37-52(59)63-64-60(39-51-47-23-19-20-24-61(47)77-66(51)63)75(58-31-27-44(69(4,5)6)35-48(58)42-21-17-16-18-22-42)65-53-36-45(70(7,8)9)28-32-62(53)78-67(65)74(64)76/h16-32,35-41H,33-34H2,1-15H3. The zero-order valence-corrected chi connectivity index (χ0v) is 48.6. The third kappa shape index (κ3) is 6.98. The lowest BCUT2D eigenvalue weighted by atomic mass is 9.45. The Morgan fingerprint density at radius 2 is 1.04 bits per heavy atom. The summed E-state index contributed by atoms with van der Waals surface area (Å²) in [4.78, 5) is 5.23. The van der Waals surface area contributed by atoms with E-state index in [1.165, 1.54) is 85.1 Å². The van der Waals surface area contributed by atoms with Crippen LogP contribution in [0.5, 0.6) is 0 Å². The highest BCUT2D eigenvalue weighted by Gasteiger charge is 2.52. The summed E-state index contributed by atoms with van der Waals surface area (Å²) >= 11 is 0. The van der Waals surface area contributed by atoms with Gasteiger partial charge in [0.15, 0.2) is 0 Å². The van der Waals surface area contributed by atoms with Gasteiger partial charge < -0.3 is 18.5 Å². The number of anilines is 5. The summed E-state index contributed by atoms with van der Waals surface area (Å²) in [5.74, 6) is 0. The van der Waals surface area contributed by atoms with Crippen LogP contribution < -0.4 is 20.8 Å². The minimum atomic E-state index is -0.370. The Hall–Kier alpha value is -7.24. The lowest BCUT2D eigenvalue weighted by molar-refractivity contribution is 0.331. The molecule has 0 fully saturated rings. The summed E-state index contributed by atoms with van der Waals surface area (Å²) in [6, 6.07) is 56.0. The van der Waals surface area contributed by atoms with Crippen LogP contribution in [0.2, 0.25) is 0 Å². The van der Waals surface area contributed by atoms with Crippen LogP contribution >= 0.6 is 0 Å². The first-order chi connectivity index (χ1) is 36.8. The summed E-state index contributed by atoms with van der Waals surface area (Å²) in [5, 5.41) is 3.32. The van der Waals surface area contributed by atoms with E-state index in [-0.39, 0.29) is 39.3 Å². The fraction of sp³-hybridized carbons (Fsp3) is 0.315. The fourth-order valence-corrected chi connectivity index (χ4v) is 14.1. The third-order valence-electron chi connectivity index (χ3n) is 19.0. The molecule has 8 aromatic carbocycles. The van der Waals surface area contributed by atoms with Gasteiger partial charge in [-0.15, -0.1) is 0 Å². The Kier molecular flexibility index (Phi) is 10.0. The average Bonchev–Trinajstić information content (AvgIpc) is 3.34. The van der Waals surface area contributed by atoms with Crippen molar-refractivity contribution in [1.29, 1.82) is 0 Å². The molecule has 0 bridgehead atoms. The maximum absolute atomic E-state index is 7.66. The van der Waals surface area contributed by atoms with E-state index in [4.69, 9.17) is 8.83 Å². The summed E-state index contributed by atoms with van der Waals surface area (Å²) in [7, 11) is 0. The molecule has 14 rings (SSSR count). The van der Waals surface area contributed by atoms with Crippen LogP contribution in [0, 0.1) is 0 Å². The number of benzene rings is 8. The lowest BCUT2D eigenvalue weighted by Gasteiger charge is -2.44. The molecule has 390 valence electrons. The molecule has 0 amide bonds. The zero-order valence-electron chi connectivity index (χ0n) is 48.6. The van der Waals surface area contributed by atoms with Gasteiger partial charge in [-0.25, -0.2) is 0 Å². The van der Waals surface area contributed by atoms with E-state index in [0.29, 0.717) is 0 Å². The minimum Gasteiger partial charge on any atom is -0.466 e. The summed E-state index contributed by atoms with van der Waals surface area (Å²) in [6.07, 6.45) is 2.34. The van der Waals surface area contributed by atoms with Crippen molar-refractivity contribution >= 4 is 79.3 Å². The van der Waals surface area contributed by atoms with Gasteiger partial charge in [-0.3, -0.25) is 0 Å². The molecular weight excluding hydrogens is 948 g/mol. The van der Waals surface area contributed by atoms with Gasteiger partial charge in [0, 0.05) is 55.3 Å². The van der Waals surface area contributed by atoms with Crippen molar-refractivity contribution in [1.82, 2.24) is 0 Å². The molecule has 0 saturated carbocycles. The molecule has 2 aliphatic heterocycles. The van der Waals surface area contributed by atoms with Crippen LogP contribution in [-0.4, -0.2) is 6.85 Å². The highest BCUT2D eigenvalue weighted by Crippen LogP contribution is 2.60. The molecule has 0 atom stereocenters. The first-order valence-electron chi connectivity index (χ1n) is 28.6. The highest BCUT2D eigenvalue weighted by atomic mass is 16.3. The molecule has 4 nitrogen and oxygen atoms in total. The summed E-state index contributed by atoms with van der Waals surface area (Å²) in [5.41, 5.74) is 27.0. The van der Waals surface area contributed by atoms with Gasteiger partial charge in [0.1, 0.15) is 22.4 Å². The molecule has 0 saturated heterocycles. The predicted molar refractivity (Wildman–Crippen MR) is 332 cm³/mol. The lowest BCUT2D eigenvalue weighted by Crippen LogP contribution is -2.61. The highest BCUT2D eigenvalue weighted by molar-refractivity contribution is 6.93. The number of rotatable bonds is 3. The minimum absolute atomic E-state index is 0.0229. The monoisotopic (exact) mass is 1020 g/mol. The second kappa shape index (κ2) is 16.0. The van der Waals surface area contributed by atoms with Crippen LogP contribution in [0.3, 0.4) is 0 Å². The van der Waals surface area contributed by atoms with Crippen molar-refractivity contribution in [3.63, 3.8) is 0 Å². The van der Waals surface area contributed by atoms with Crippen molar-refractivity contribution in [3.05, 3.63) is 185 Å². The maximum Gasteiger partial charge on any atom is 0.376 e. The number of nitrogens with zero attached hydrogens (tertiary/aromatic N) is 2. The number of hydrogen-bond acceptors (Lipinski definition) is 4. The Bertz CT molecular complexity index is 4180. The van der Waals surface area contributed by atoms with Gasteiger partial charge >= 0.3 is 6.85 Å². The van der Waals surface area contributed by atoms with Crippen LogP contribution in [0.15, 0.2) is 154 Å². The van der Waals surface area contributed by atoms with E-state index < -0.39 is 0 Å². The molecule has 4 heterocycles. The van der Waals surface area contributed by atoms with Crippen LogP contribution in [0.25, 0.3) is 66.3 Å². The molecule has 10 aromatic rings. The van der Waals surface area contributed by atoms with E-state index in [9.17, 15) is 0 Å². The smallest absolute Gasteiger partial charge is 0.376 e. The molecule has 78 heavy (non-hydrogen) atoms. The predicted octanol–water partition coefficient (Wildman–Crippen LogP) is 19.3. The first-order valence-corrected chi connectivity index (χ1v) is 28.6. The zero-order chi connectivity index (χ0) is 54.5. The SMILES string of the molecule is CC(C)(C)c1ccc(N2B3c4oc5ccc(C(C)(C)C)cc5c4N(c4ccc(C(C)(C)C)cc4-c4ccccc4)c4cc5c(oc6ccccc65)c(c43)-c3cc4c(cc32)C(C)(C)c2cc3c(cc2-4)C(C)(C)CCC3(C)C)cc1. The number of para-hydroxylation sites is 1. The molecule has 2 aliphatic carbocycles. The van der Waals surface area contributed by atoms with Crippen molar-refractivity contribution in [3.8, 4) is 33.4 Å². The fourth-order valence-electron chi connectivity index (χ4n) is 14.1. The van der Waals surface area contributed by atoms with E-state index in [0.717, 1.165) is 72.6 Å². The Morgan fingerprint density at radius 1 is 0.449 bits per heavy atom. The van der Waals surface area contributed by atoms with Gasteiger partial charge in [-0.1, -0.05) is 183 Å². The van der Waals surface area contributed by atoms with Gasteiger partial charge in [0.25, 0.3) is 0 Å². The number of fused-ring (bicyclic) bond motifs is 14. The second-order valence-corrected chi connectivity index (χ2v) is 28.4. The van der Waals surface area contributed by atoms with Gasteiger partial charge in [-0.2, -0.15) is 0 Å². The average molecular weight is 1020 g/mol. The molecule has 0 spiro atoms. The van der Waals surface area contributed by atoms with Gasteiger partial charge in [0.05, 0.1) is 11.4 Å². The Morgan fingerprint density at radius 3 is 1.73 bits per heavy atom. The first kappa shape index (κ1) is 49.1. The quantitative estimate of drug-likeness (QED) is 0.165. The number of furan rings is 2. The molecule has 0 N–H and O–H groups in total. The van der Waals surface area contributed by atoms with Gasteiger partial charge in [-0.05, 0) is 168 Å². The second-order valence-electron chi connectivity index (χ2n) is 28.4. The largest absolute Gasteiger partial charge is 0.466 e. The molecule has 0 unspecified atom stereocenters. The molecular formula is C73H73BN2O2. The number of hydrogen-bond donors (Lipinski definition) is 0. The molecule has 5 heteroatoms. The van der Waals surface area contributed by atoms with Gasteiger partial charge in [0.2, 0.25) is 0 Å². The van der Waals surface area contributed by atoms with Crippen molar-refractivity contribution in [2.75, 3.05) is 9.71 Å². The third-order valence-corrected chi connectivity index (χ3v) is 19.0.